The van der Waals surface area contributed by atoms with E-state index in [4.69, 9.17) is 12.2 Å². The van der Waals surface area contributed by atoms with E-state index in [2.05, 4.69) is 18.2 Å². The van der Waals surface area contributed by atoms with Crippen LogP contribution in [0, 0.1) is 18.3 Å². The van der Waals surface area contributed by atoms with Crippen molar-refractivity contribution in [2.75, 3.05) is 6.54 Å². The predicted octanol–water partition coefficient (Wildman–Crippen LogP) is 1.03. The van der Waals surface area contributed by atoms with Gasteiger partial charge in [0.2, 0.25) is 5.91 Å². The molecule has 1 aliphatic carbocycles. The molecule has 0 aromatic heterocycles. The summed E-state index contributed by atoms with van der Waals surface area (Å²) < 4.78 is 0. The molecule has 1 fully saturated rings. The Morgan fingerprint density at radius 2 is 2.47 bits per heavy atom. The highest BCUT2D eigenvalue weighted by Crippen LogP contribution is 2.30. The third kappa shape index (κ3) is 3.24. The van der Waals surface area contributed by atoms with Gasteiger partial charge < -0.3 is 11.1 Å². The Morgan fingerprint density at radius 1 is 1.73 bits per heavy atom. The highest BCUT2D eigenvalue weighted by molar-refractivity contribution is 5.86. The molecular weight excluding hydrogens is 188 g/mol. The van der Waals surface area contributed by atoms with Crippen LogP contribution in [0.1, 0.15) is 39.0 Å². The molecule has 3 N–H and O–H groups in total. The third-order valence-electron chi connectivity index (χ3n) is 3.04. The maximum absolute atomic E-state index is 11.8. The topological polar surface area (TPSA) is 55.1 Å². The molecule has 0 radical (unpaired) electrons. The van der Waals surface area contributed by atoms with Gasteiger partial charge >= 0.3 is 0 Å². The van der Waals surface area contributed by atoms with Gasteiger partial charge in [-0.2, -0.15) is 0 Å². The van der Waals surface area contributed by atoms with Gasteiger partial charge in [0.15, 0.2) is 0 Å². The van der Waals surface area contributed by atoms with E-state index in [1.165, 1.54) is 6.42 Å². The summed E-state index contributed by atoms with van der Waals surface area (Å²) in [5.41, 5.74) is 5.45. The molecule has 1 aliphatic rings. The van der Waals surface area contributed by atoms with Crippen molar-refractivity contribution >= 4 is 5.91 Å². The summed E-state index contributed by atoms with van der Waals surface area (Å²) >= 11 is 0. The molecule has 3 heteroatoms. The average Bonchev–Trinajstić information content (AvgIpc) is 2.17. The first kappa shape index (κ1) is 12.1. The zero-order chi connectivity index (χ0) is 11.3. The van der Waals surface area contributed by atoms with Gasteiger partial charge in [0.05, 0.1) is 5.54 Å². The number of carbonyl (C=O) groups is 1. The van der Waals surface area contributed by atoms with Gasteiger partial charge in [-0.15, -0.1) is 12.3 Å². The summed E-state index contributed by atoms with van der Waals surface area (Å²) in [6.45, 7) is 2.68. The number of nitrogens with two attached hydrogens (primary N) is 1. The van der Waals surface area contributed by atoms with Crippen molar-refractivity contribution in [3.63, 3.8) is 0 Å². The highest BCUT2D eigenvalue weighted by Gasteiger charge is 2.37. The Morgan fingerprint density at radius 3 is 3.07 bits per heavy atom. The zero-order valence-corrected chi connectivity index (χ0v) is 9.38. The summed E-state index contributed by atoms with van der Waals surface area (Å²) in [6.07, 6.45) is 9.48. The lowest BCUT2D eigenvalue weighted by Crippen LogP contribution is -2.56. The van der Waals surface area contributed by atoms with E-state index in [1.807, 2.05) is 0 Å². The average molecular weight is 208 g/mol. The number of terminal acetylenes is 1. The molecule has 2 atom stereocenters. The van der Waals surface area contributed by atoms with E-state index in [9.17, 15) is 4.79 Å². The summed E-state index contributed by atoms with van der Waals surface area (Å²) in [7, 11) is 0. The van der Waals surface area contributed by atoms with Crippen LogP contribution in [-0.2, 0) is 4.79 Å². The highest BCUT2D eigenvalue weighted by atomic mass is 16.2. The van der Waals surface area contributed by atoms with Crippen LogP contribution in [-0.4, -0.2) is 18.0 Å². The minimum absolute atomic E-state index is 0.0377. The number of rotatable bonds is 3. The SMILES string of the molecule is C#CCCNC(=O)C1(N)CCCC(C)C1. The standard InChI is InChI=1S/C12H20N2O/c1-3-4-8-14-11(15)12(13)7-5-6-10(2)9-12/h1,10H,4-9,13H2,2H3,(H,14,15). The molecule has 3 nitrogen and oxygen atoms in total. The third-order valence-corrected chi connectivity index (χ3v) is 3.04. The number of carbonyl (C=O) groups excluding carboxylic acids is 1. The molecule has 1 rings (SSSR count). The zero-order valence-electron chi connectivity index (χ0n) is 9.38. The van der Waals surface area contributed by atoms with E-state index in [-0.39, 0.29) is 5.91 Å². The van der Waals surface area contributed by atoms with Gasteiger partial charge in [-0.3, -0.25) is 4.79 Å². The first-order valence-electron chi connectivity index (χ1n) is 5.59. The van der Waals surface area contributed by atoms with Gasteiger partial charge in [-0.25, -0.2) is 0 Å². The second-order valence-electron chi connectivity index (χ2n) is 4.57. The maximum atomic E-state index is 11.8. The number of nitrogens with one attached hydrogen (secondary N) is 1. The van der Waals surface area contributed by atoms with Gasteiger partial charge in [-0.1, -0.05) is 19.8 Å². The molecule has 0 saturated heterocycles. The molecule has 0 spiro atoms. The largest absolute Gasteiger partial charge is 0.354 e. The maximum Gasteiger partial charge on any atom is 0.240 e. The van der Waals surface area contributed by atoms with Crippen molar-refractivity contribution in [2.45, 2.75) is 44.6 Å². The van der Waals surface area contributed by atoms with Crippen molar-refractivity contribution in [3.8, 4) is 12.3 Å². The Labute approximate surface area is 91.8 Å². The molecule has 84 valence electrons. The van der Waals surface area contributed by atoms with Crippen LogP contribution in [0.15, 0.2) is 0 Å². The normalized spacial score (nSPS) is 30.6. The second kappa shape index (κ2) is 5.18. The minimum atomic E-state index is -0.660. The Bertz CT molecular complexity index is 269. The van der Waals surface area contributed by atoms with E-state index in [0.717, 1.165) is 19.3 Å². The summed E-state index contributed by atoms with van der Waals surface area (Å²) in [6, 6.07) is 0. The van der Waals surface area contributed by atoms with Crippen LogP contribution in [0.5, 0.6) is 0 Å². The molecular formula is C12H20N2O. The monoisotopic (exact) mass is 208 g/mol. The van der Waals surface area contributed by atoms with Crippen molar-refractivity contribution in [1.29, 1.82) is 0 Å². The summed E-state index contributed by atoms with van der Waals surface area (Å²) in [5.74, 6) is 3.00. The van der Waals surface area contributed by atoms with Gasteiger partial charge in [0.25, 0.3) is 0 Å². The van der Waals surface area contributed by atoms with Crippen molar-refractivity contribution in [2.24, 2.45) is 11.7 Å². The lowest BCUT2D eigenvalue weighted by Gasteiger charge is -2.35. The predicted molar refractivity (Wildman–Crippen MR) is 61.0 cm³/mol. The fraction of sp³-hybridized carbons (Fsp3) is 0.750. The van der Waals surface area contributed by atoms with E-state index in [0.29, 0.717) is 18.9 Å². The van der Waals surface area contributed by atoms with Crippen LogP contribution in [0.3, 0.4) is 0 Å². The Kier molecular flexibility index (Phi) is 4.16. The first-order valence-corrected chi connectivity index (χ1v) is 5.59. The summed E-state index contributed by atoms with van der Waals surface area (Å²) in [5, 5.41) is 2.81. The lowest BCUT2D eigenvalue weighted by molar-refractivity contribution is -0.128. The van der Waals surface area contributed by atoms with Crippen LogP contribution < -0.4 is 11.1 Å². The molecule has 0 aromatic rings. The van der Waals surface area contributed by atoms with E-state index in [1.54, 1.807) is 0 Å². The van der Waals surface area contributed by atoms with Gasteiger partial charge in [0, 0.05) is 13.0 Å². The Hall–Kier alpha value is -1.01. The fourth-order valence-corrected chi connectivity index (χ4v) is 2.22. The molecule has 0 heterocycles. The van der Waals surface area contributed by atoms with Gasteiger partial charge in [0.1, 0.15) is 0 Å². The molecule has 0 aliphatic heterocycles. The molecule has 15 heavy (non-hydrogen) atoms. The smallest absolute Gasteiger partial charge is 0.240 e. The van der Waals surface area contributed by atoms with E-state index >= 15 is 0 Å². The van der Waals surface area contributed by atoms with Gasteiger partial charge in [-0.05, 0) is 18.8 Å². The second-order valence-corrected chi connectivity index (χ2v) is 4.57. The summed E-state index contributed by atoms with van der Waals surface area (Å²) in [4.78, 5) is 11.8. The lowest BCUT2D eigenvalue weighted by atomic mass is 9.76. The van der Waals surface area contributed by atoms with Crippen LogP contribution >= 0.6 is 0 Å². The fourth-order valence-electron chi connectivity index (χ4n) is 2.22. The minimum Gasteiger partial charge on any atom is -0.354 e. The van der Waals surface area contributed by atoms with E-state index < -0.39 is 5.54 Å². The van der Waals surface area contributed by atoms with Crippen LogP contribution in [0.25, 0.3) is 0 Å². The Balaban J connectivity index is 2.46. The van der Waals surface area contributed by atoms with Crippen LogP contribution in [0.4, 0.5) is 0 Å². The first-order chi connectivity index (χ1) is 7.08. The van der Waals surface area contributed by atoms with Crippen molar-refractivity contribution in [1.82, 2.24) is 5.32 Å². The molecule has 1 saturated carbocycles. The van der Waals surface area contributed by atoms with Crippen molar-refractivity contribution < 1.29 is 4.79 Å². The number of hydrogen-bond acceptors (Lipinski definition) is 2. The number of hydrogen-bond donors (Lipinski definition) is 2. The molecule has 1 amide bonds. The molecule has 0 aromatic carbocycles. The molecule has 0 bridgehead atoms. The molecule has 2 unspecified atom stereocenters. The van der Waals surface area contributed by atoms with Crippen LogP contribution in [0.2, 0.25) is 0 Å². The number of amides is 1. The van der Waals surface area contributed by atoms with Crippen molar-refractivity contribution in [3.05, 3.63) is 0 Å². The quantitative estimate of drug-likeness (QED) is 0.537.